The number of halogens is 1. The van der Waals surface area contributed by atoms with Gasteiger partial charge in [0.15, 0.2) is 5.96 Å². The molecule has 0 radical (unpaired) electrons. The van der Waals surface area contributed by atoms with E-state index in [-0.39, 0.29) is 24.0 Å². The van der Waals surface area contributed by atoms with Gasteiger partial charge in [0.1, 0.15) is 0 Å². The van der Waals surface area contributed by atoms with Gasteiger partial charge in [-0.2, -0.15) is 0 Å². The fourth-order valence-corrected chi connectivity index (χ4v) is 3.06. The molecule has 134 valence electrons. The molecule has 0 unspecified atom stereocenters. The highest BCUT2D eigenvalue weighted by atomic mass is 127. The zero-order chi connectivity index (χ0) is 16.4. The SMILES string of the molecule is CCCCCCCCNC(N)=NCC(C)(C)NS(C)(=O)=O.I. The summed E-state index contributed by atoms with van der Waals surface area (Å²) in [6.45, 7) is 6.87. The Morgan fingerprint density at radius 1 is 1.14 bits per heavy atom. The average molecular weight is 448 g/mol. The van der Waals surface area contributed by atoms with Gasteiger partial charge in [-0.15, -0.1) is 24.0 Å². The summed E-state index contributed by atoms with van der Waals surface area (Å²) >= 11 is 0. The molecule has 0 saturated carbocycles. The number of aliphatic imine (C=N–C) groups is 1. The van der Waals surface area contributed by atoms with Crippen LogP contribution < -0.4 is 15.8 Å². The lowest BCUT2D eigenvalue weighted by Crippen LogP contribution is -2.46. The molecular formula is C14H33IN4O2S. The van der Waals surface area contributed by atoms with E-state index in [1.807, 2.05) is 0 Å². The number of hydrogen-bond donors (Lipinski definition) is 3. The van der Waals surface area contributed by atoms with E-state index in [0.717, 1.165) is 19.2 Å². The molecule has 0 rings (SSSR count). The number of guanidine groups is 1. The standard InChI is InChI=1S/C14H32N4O2S.HI/c1-5-6-7-8-9-10-11-16-13(15)17-12-14(2,3)18-21(4,19)20;/h18H,5-12H2,1-4H3,(H3,15,16,17);1H. The topological polar surface area (TPSA) is 96.6 Å². The summed E-state index contributed by atoms with van der Waals surface area (Å²) in [7, 11) is -3.24. The van der Waals surface area contributed by atoms with Gasteiger partial charge < -0.3 is 11.1 Å². The molecule has 0 aliphatic heterocycles. The van der Waals surface area contributed by atoms with Crippen molar-refractivity contribution in [2.45, 2.75) is 64.8 Å². The highest BCUT2D eigenvalue weighted by molar-refractivity contribution is 14.0. The van der Waals surface area contributed by atoms with E-state index in [1.165, 1.54) is 32.1 Å². The molecule has 4 N–H and O–H groups in total. The summed E-state index contributed by atoms with van der Waals surface area (Å²) in [4.78, 5) is 4.18. The Morgan fingerprint density at radius 2 is 1.68 bits per heavy atom. The van der Waals surface area contributed by atoms with Crippen molar-refractivity contribution in [3.05, 3.63) is 0 Å². The highest BCUT2D eigenvalue weighted by Gasteiger charge is 2.21. The molecule has 22 heavy (non-hydrogen) atoms. The number of nitrogens with one attached hydrogen (secondary N) is 2. The third-order valence-electron chi connectivity index (χ3n) is 2.94. The Bertz CT molecular complexity index is 411. The summed E-state index contributed by atoms with van der Waals surface area (Å²) in [6, 6.07) is 0. The molecule has 0 saturated heterocycles. The molecule has 0 aromatic carbocycles. The lowest BCUT2D eigenvalue weighted by Gasteiger charge is -2.22. The second-order valence-corrected chi connectivity index (χ2v) is 7.90. The summed E-state index contributed by atoms with van der Waals surface area (Å²) in [5.74, 6) is 0.368. The minimum absolute atomic E-state index is 0. The van der Waals surface area contributed by atoms with E-state index >= 15 is 0 Å². The van der Waals surface area contributed by atoms with Gasteiger partial charge >= 0.3 is 0 Å². The third kappa shape index (κ3) is 16.3. The number of sulfonamides is 1. The van der Waals surface area contributed by atoms with Crippen molar-refractivity contribution < 1.29 is 8.42 Å². The predicted molar refractivity (Wildman–Crippen MR) is 105 cm³/mol. The number of unbranched alkanes of at least 4 members (excludes halogenated alkanes) is 5. The van der Waals surface area contributed by atoms with Gasteiger partial charge in [-0.1, -0.05) is 39.0 Å². The lowest BCUT2D eigenvalue weighted by molar-refractivity contribution is 0.465. The Kier molecular flexibility index (Phi) is 13.6. The molecule has 0 bridgehead atoms. The first kappa shape index (κ1) is 24.2. The fraction of sp³-hybridized carbons (Fsp3) is 0.929. The monoisotopic (exact) mass is 448 g/mol. The lowest BCUT2D eigenvalue weighted by atomic mass is 10.1. The number of rotatable bonds is 11. The molecule has 0 atom stereocenters. The van der Waals surface area contributed by atoms with Crippen LogP contribution in [0.5, 0.6) is 0 Å². The maximum atomic E-state index is 11.2. The number of nitrogens with zero attached hydrogens (tertiary/aromatic N) is 1. The van der Waals surface area contributed by atoms with Crippen LogP contribution in [0, 0.1) is 0 Å². The molecule has 0 fully saturated rings. The fourth-order valence-electron chi connectivity index (χ4n) is 1.99. The Labute approximate surface area is 153 Å². The third-order valence-corrected chi connectivity index (χ3v) is 3.87. The van der Waals surface area contributed by atoms with Crippen LogP contribution in [0.25, 0.3) is 0 Å². The molecular weight excluding hydrogens is 415 g/mol. The number of hydrogen-bond acceptors (Lipinski definition) is 3. The van der Waals surface area contributed by atoms with Crippen molar-refractivity contribution in [2.24, 2.45) is 10.7 Å². The van der Waals surface area contributed by atoms with Gasteiger partial charge in [-0.25, -0.2) is 13.1 Å². The van der Waals surface area contributed by atoms with Crippen molar-refractivity contribution in [3.8, 4) is 0 Å². The van der Waals surface area contributed by atoms with Crippen LogP contribution in [0.1, 0.15) is 59.3 Å². The van der Waals surface area contributed by atoms with E-state index in [0.29, 0.717) is 12.5 Å². The molecule has 0 spiro atoms. The smallest absolute Gasteiger partial charge is 0.209 e. The van der Waals surface area contributed by atoms with Crippen LogP contribution in [-0.2, 0) is 10.0 Å². The van der Waals surface area contributed by atoms with Gasteiger partial charge in [0.2, 0.25) is 10.0 Å². The first-order chi connectivity index (χ1) is 9.66. The van der Waals surface area contributed by atoms with Crippen LogP contribution >= 0.6 is 24.0 Å². The molecule has 0 aromatic rings. The van der Waals surface area contributed by atoms with E-state index in [9.17, 15) is 8.42 Å². The second kappa shape index (κ2) is 12.3. The predicted octanol–water partition coefficient (Wildman–Crippen LogP) is 2.20. The highest BCUT2D eigenvalue weighted by Crippen LogP contribution is 2.05. The zero-order valence-corrected chi connectivity index (χ0v) is 17.5. The quantitative estimate of drug-likeness (QED) is 0.195. The summed E-state index contributed by atoms with van der Waals surface area (Å²) in [6.07, 6.45) is 8.53. The minimum atomic E-state index is -3.24. The van der Waals surface area contributed by atoms with Crippen molar-refractivity contribution in [1.82, 2.24) is 10.0 Å². The maximum Gasteiger partial charge on any atom is 0.209 e. The van der Waals surface area contributed by atoms with Crippen LogP contribution in [-0.4, -0.2) is 39.3 Å². The first-order valence-electron chi connectivity index (χ1n) is 7.69. The van der Waals surface area contributed by atoms with Gasteiger partial charge in [-0.05, 0) is 20.3 Å². The molecule has 0 heterocycles. The number of nitrogens with two attached hydrogens (primary N) is 1. The Balaban J connectivity index is 0. The van der Waals surface area contributed by atoms with Crippen molar-refractivity contribution in [1.29, 1.82) is 0 Å². The largest absolute Gasteiger partial charge is 0.370 e. The summed E-state index contributed by atoms with van der Waals surface area (Å²) < 4.78 is 24.9. The van der Waals surface area contributed by atoms with Crippen LogP contribution in [0.3, 0.4) is 0 Å². The van der Waals surface area contributed by atoms with Crippen LogP contribution in [0.15, 0.2) is 4.99 Å². The molecule has 0 aliphatic carbocycles. The van der Waals surface area contributed by atoms with Gasteiger partial charge in [-0.3, -0.25) is 4.99 Å². The maximum absolute atomic E-state index is 11.2. The average Bonchev–Trinajstić information content (AvgIpc) is 2.32. The molecule has 8 heteroatoms. The van der Waals surface area contributed by atoms with Crippen LogP contribution in [0.2, 0.25) is 0 Å². The normalized spacial score (nSPS) is 12.8. The minimum Gasteiger partial charge on any atom is -0.370 e. The zero-order valence-electron chi connectivity index (χ0n) is 14.3. The first-order valence-corrected chi connectivity index (χ1v) is 9.58. The van der Waals surface area contributed by atoms with Gasteiger partial charge in [0, 0.05) is 12.1 Å². The van der Waals surface area contributed by atoms with Gasteiger partial charge in [0.25, 0.3) is 0 Å². The van der Waals surface area contributed by atoms with Crippen LogP contribution in [0.4, 0.5) is 0 Å². The molecule has 6 nitrogen and oxygen atoms in total. The Morgan fingerprint density at radius 3 is 2.23 bits per heavy atom. The van der Waals surface area contributed by atoms with E-state index in [2.05, 4.69) is 22.0 Å². The molecule has 0 aromatic heterocycles. The van der Waals surface area contributed by atoms with Crippen molar-refractivity contribution in [3.63, 3.8) is 0 Å². The van der Waals surface area contributed by atoms with E-state index < -0.39 is 15.6 Å². The Hall–Kier alpha value is -0.0900. The van der Waals surface area contributed by atoms with E-state index in [4.69, 9.17) is 5.73 Å². The van der Waals surface area contributed by atoms with Gasteiger partial charge in [0.05, 0.1) is 12.8 Å². The summed E-state index contributed by atoms with van der Waals surface area (Å²) in [5, 5.41) is 3.06. The molecule has 0 amide bonds. The van der Waals surface area contributed by atoms with Crippen molar-refractivity contribution >= 4 is 40.0 Å². The van der Waals surface area contributed by atoms with E-state index in [1.54, 1.807) is 13.8 Å². The second-order valence-electron chi connectivity index (χ2n) is 6.15. The molecule has 0 aliphatic rings. The summed E-state index contributed by atoms with van der Waals surface area (Å²) in [5.41, 5.74) is 5.13. The van der Waals surface area contributed by atoms with Crippen molar-refractivity contribution in [2.75, 3.05) is 19.3 Å².